The third kappa shape index (κ3) is 4.21. The van der Waals surface area contributed by atoms with E-state index in [1.54, 1.807) is 7.05 Å². The second-order valence-electron chi connectivity index (χ2n) is 5.46. The summed E-state index contributed by atoms with van der Waals surface area (Å²) in [5, 5.41) is 18.3. The average Bonchev–Trinajstić information content (AvgIpc) is 2.43. The molecule has 0 unspecified atom stereocenters. The highest BCUT2D eigenvalue weighted by Gasteiger charge is 2.16. The fourth-order valence-corrected chi connectivity index (χ4v) is 2.43. The van der Waals surface area contributed by atoms with Gasteiger partial charge in [-0.3, -0.25) is 4.90 Å². The Morgan fingerprint density at radius 1 is 1.25 bits per heavy atom. The van der Waals surface area contributed by atoms with Crippen LogP contribution < -0.4 is 0 Å². The average molecular weight is 278 g/mol. The molecule has 0 saturated carbocycles. The van der Waals surface area contributed by atoms with Crippen LogP contribution in [0.15, 0.2) is 24.3 Å². The molecular weight excluding hydrogens is 256 g/mol. The van der Waals surface area contributed by atoms with E-state index in [1.165, 1.54) is 10.5 Å². The van der Waals surface area contributed by atoms with Gasteiger partial charge in [0.15, 0.2) is 0 Å². The van der Waals surface area contributed by atoms with Gasteiger partial charge in [-0.15, -0.1) is 0 Å². The van der Waals surface area contributed by atoms with Gasteiger partial charge in [0, 0.05) is 33.2 Å². The predicted molar refractivity (Wildman–Crippen MR) is 76.5 cm³/mol. The van der Waals surface area contributed by atoms with Crippen molar-refractivity contribution in [2.45, 2.75) is 32.0 Å². The van der Waals surface area contributed by atoms with Crippen LogP contribution in [0.2, 0.25) is 0 Å². The van der Waals surface area contributed by atoms with Gasteiger partial charge in [-0.05, 0) is 24.0 Å². The SMILES string of the molecule is CN(Cc1ccc(CN2CCC(O)CC2)cc1)C(=O)O. The first kappa shape index (κ1) is 14.8. The standard InChI is InChI=1S/C15H22N2O3/c1-16(15(19)20)10-12-2-4-13(5-3-12)11-17-8-6-14(18)7-9-17/h2-5,14,18H,6-11H2,1H3,(H,19,20). The van der Waals surface area contributed by atoms with Crippen molar-refractivity contribution in [3.8, 4) is 0 Å². The molecule has 2 N–H and O–H groups in total. The van der Waals surface area contributed by atoms with E-state index in [2.05, 4.69) is 17.0 Å². The number of likely N-dealkylation sites (tertiary alicyclic amines) is 1. The quantitative estimate of drug-likeness (QED) is 0.881. The van der Waals surface area contributed by atoms with Gasteiger partial charge in [-0.2, -0.15) is 0 Å². The van der Waals surface area contributed by atoms with Crippen molar-refractivity contribution in [1.82, 2.24) is 9.80 Å². The van der Waals surface area contributed by atoms with Gasteiger partial charge in [0.25, 0.3) is 0 Å². The summed E-state index contributed by atoms with van der Waals surface area (Å²) < 4.78 is 0. The first-order chi connectivity index (χ1) is 9.54. The molecule has 5 nitrogen and oxygen atoms in total. The molecule has 1 amide bonds. The summed E-state index contributed by atoms with van der Waals surface area (Å²) in [4.78, 5) is 14.4. The molecule has 0 aliphatic carbocycles. The Kier molecular flexibility index (Phi) is 4.98. The molecule has 1 heterocycles. The zero-order chi connectivity index (χ0) is 14.5. The molecule has 0 spiro atoms. The lowest BCUT2D eigenvalue weighted by atomic mass is 10.1. The maximum absolute atomic E-state index is 10.8. The van der Waals surface area contributed by atoms with Crippen molar-refractivity contribution in [2.75, 3.05) is 20.1 Å². The van der Waals surface area contributed by atoms with E-state index in [0.717, 1.165) is 38.0 Å². The van der Waals surface area contributed by atoms with Crippen LogP contribution in [0.3, 0.4) is 0 Å². The Morgan fingerprint density at radius 3 is 2.35 bits per heavy atom. The molecule has 110 valence electrons. The molecule has 20 heavy (non-hydrogen) atoms. The number of rotatable bonds is 4. The third-order valence-corrected chi connectivity index (χ3v) is 3.73. The number of hydrogen-bond donors (Lipinski definition) is 2. The van der Waals surface area contributed by atoms with Crippen LogP contribution in [-0.4, -0.2) is 52.3 Å². The minimum Gasteiger partial charge on any atom is -0.465 e. The first-order valence-electron chi connectivity index (χ1n) is 6.97. The summed E-state index contributed by atoms with van der Waals surface area (Å²) in [7, 11) is 1.56. The van der Waals surface area contributed by atoms with Crippen molar-refractivity contribution in [3.05, 3.63) is 35.4 Å². The highest BCUT2D eigenvalue weighted by atomic mass is 16.4. The van der Waals surface area contributed by atoms with Gasteiger partial charge in [0.05, 0.1) is 6.10 Å². The number of carbonyl (C=O) groups is 1. The van der Waals surface area contributed by atoms with Gasteiger partial charge < -0.3 is 15.1 Å². The van der Waals surface area contributed by atoms with Crippen LogP contribution in [0, 0.1) is 0 Å². The van der Waals surface area contributed by atoms with Crippen LogP contribution in [0.1, 0.15) is 24.0 Å². The van der Waals surface area contributed by atoms with Crippen LogP contribution in [0.4, 0.5) is 4.79 Å². The zero-order valence-electron chi connectivity index (χ0n) is 11.8. The third-order valence-electron chi connectivity index (χ3n) is 3.73. The maximum atomic E-state index is 10.8. The summed E-state index contributed by atoms with van der Waals surface area (Å²) in [6, 6.07) is 8.06. The van der Waals surface area contributed by atoms with E-state index in [0.29, 0.717) is 6.54 Å². The van der Waals surface area contributed by atoms with Crippen LogP contribution in [0.25, 0.3) is 0 Å². The van der Waals surface area contributed by atoms with Gasteiger partial charge >= 0.3 is 6.09 Å². The van der Waals surface area contributed by atoms with E-state index in [-0.39, 0.29) is 6.10 Å². The molecule has 1 aromatic rings. The number of carboxylic acid groups (broad SMARTS) is 1. The van der Waals surface area contributed by atoms with Gasteiger partial charge in [-0.1, -0.05) is 24.3 Å². The van der Waals surface area contributed by atoms with Gasteiger partial charge in [-0.25, -0.2) is 4.79 Å². The molecule has 0 atom stereocenters. The fraction of sp³-hybridized carbons (Fsp3) is 0.533. The Bertz CT molecular complexity index is 439. The Balaban J connectivity index is 1.86. The Hall–Kier alpha value is -1.59. The monoisotopic (exact) mass is 278 g/mol. The number of aliphatic hydroxyl groups excluding tert-OH is 1. The molecule has 1 saturated heterocycles. The van der Waals surface area contributed by atoms with E-state index in [9.17, 15) is 9.90 Å². The summed E-state index contributed by atoms with van der Waals surface area (Å²) in [6.45, 7) is 3.17. The fourth-order valence-electron chi connectivity index (χ4n) is 2.43. The van der Waals surface area contributed by atoms with E-state index in [4.69, 9.17) is 5.11 Å². The molecule has 0 radical (unpaired) electrons. The van der Waals surface area contributed by atoms with E-state index >= 15 is 0 Å². The predicted octanol–water partition coefficient (Wildman–Crippen LogP) is 1.75. The second-order valence-corrected chi connectivity index (χ2v) is 5.46. The second kappa shape index (κ2) is 6.72. The van der Waals surface area contributed by atoms with Crippen molar-refractivity contribution in [2.24, 2.45) is 0 Å². The minimum atomic E-state index is -0.916. The van der Waals surface area contributed by atoms with Crippen molar-refractivity contribution < 1.29 is 15.0 Å². The zero-order valence-corrected chi connectivity index (χ0v) is 11.8. The first-order valence-corrected chi connectivity index (χ1v) is 6.97. The van der Waals surface area contributed by atoms with Gasteiger partial charge in [0.2, 0.25) is 0 Å². The topological polar surface area (TPSA) is 64.0 Å². The normalized spacial score (nSPS) is 17.1. The highest BCUT2D eigenvalue weighted by molar-refractivity contribution is 5.64. The Morgan fingerprint density at radius 2 is 1.80 bits per heavy atom. The smallest absolute Gasteiger partial charge is 0.407 e. The molecule has 2 rings (SSSR count). The van der Waals surface area contributed by atoms with Gasteiger partial charge in [0.1, 0.15) is 0 Å². The van der Waals surface area contributed by atoms with Crippen LogP contribution >= 0.6 is 0 Å². The number of aliphatic hydroxyl groups is 1. The van der Waals surface area contributed by atoms with Crippen LogP contribution in [-0.2, 0) is 13.1 Å². The molecule has 1 fully saturated rings. The number of piperidine rings is 1. The minimum absolute atomic E-state index is 0.139. The number of nitrogens with zero attached hydrogens (tertiary/aromatic N) is 2. The number of hydrogen-bond acceptors (Lipinski definition) is 3. The largest absolute Gasteiger partial charge is 0.465 e. The highest BCUT2D eigenvalue weighted by Crippen LogP contribution is 2.14. The molecule has 0 aromatic heterocycles. The lowest BCUT2D eigenvalue weighted by Gasteiger charge is -2.29. The van der Waals surface area contributed by atoms with Crippen molar-refractivity contribution >= 4 is 6.09 Å². The molecule has 0 bridgehead atoms. The van der Waals surface area contributed by atoms with E-state index < -0.39 is 6.09 Å². The van der Waals surface area contributed by atoms with Crippen LogP contribution in [0.5, 0.6) is 0 Å². The summed E-state index contributed by atoms with van der Waals surface area (Å²) in [5.41, 5.74) is 2.22. The Labute approximate surface area is 119 Å². The summed E-state index contributed by atoms with van der Waals surface area (Å²) >= 11 is 0. The molecule has 1 aliphatic heterocycles. The molecule has 1 aromatic carbocycles. The lowest BCUT2D eigenvalue weighted by molar-refractivity contribution is 0.0792. The van der Waals surface area contributed by atoms with Crippen molar-refractivity contribution in [3.63, 3.8) is 0 Å². The maximum Gasteiger partial charge on any atom is 0.407 e. The molecule has 5 heteroatoms. The molecule has 1 aliphatic rings. The summed E-state index contributed by atoms with van der Waals surface area (Å²) in [5.74, 6) is 0. The number of benzene rings is 1. The lowest BCUT2D eigenvalue weighted by Crippen LogP contribution is -2.35. The molecular formula is C15H22N2O3. The summed E-state index contributed by atoms with van der Waals surface area (Å²) in [6.07, 6.45) is 0.643. The van der Waals surface area contributed by atoms with Crippen molar-refractivity contribution in [1.29, 1.82) is 0 Å². The van der Waals surface area contributed by atoms with E-state index in [1.807, 2.05) is 12.1 Å². The number of amides is 1.